The van der Waals surface area contributed by atoms with Gasteiger partial charge in [0.2, 0.25) is 10.0 Å². The Hall–Kier alpha value is -2.24. The monoisotopic (exact) mass is 462 g/mol. The molecule has 10 heteroatoms. The number of primary sulfonamides is 1. The van der Waals surface area contributed by atoms with E-state index in [1.165, 1.54) is 23.9 Å². The number of nitrogens with zero attached hydrogens (tertiary/aromatic N) is 1. The summed E-state index contributed by atoms with van der Waals surface area (Å²) in [6, 6.07) is 13.5. The molecule has 0 radical (unpaired) electrons. The zero-order chi connectivity index (χ0) is 20.6. The molecule has 0 saturated carbocycles. The Balaban J connectivity index is 1.53. The Bertz CT molecular complexity index is 1210. The molecule has 6 nitrogen and oxygen atoms in total. The Morgan fingerprint density at radius 2 is 1.90 bits per heavy atom. The van der Waals surface area contributed by atoms with Crippen LogP contribution in [0.1, 0.15) is 10.6 Å². The molecule has 0 aliphatic carbocycles. The maximum atomic E-state index is 12.7. The summed E-state index contributed by atoms with van der Waals surface area (Å²) in [5, 5.41) is 7.07. The van der Waals surface area contributed by atoms with Crippen LogP contribution in [-0.4, -0.2) is 23.5 Å². The summed E-state index contributed by atoms with van der Waals surface area (Å²) in [5.74, 6) is 0.905. The molecule has 1 saturated heterocycles. The Kier molecular flexibility index (Phi) is 5.45. The van der Waals surface area contributed by atoms with Gasteiger partial charge in [0, 0.05) is 16.5 Å². The molecular formula is C19H14N2O4S4. The van der Waals surface area contributed by atoms with Crippen LogP contribution < -0.4 is 5.14 Å². The minimum Gasteiger partial charge on any atom is -0.457 e. The van der Waals surface area contributed by atoms with Crippen LogP contribution >= 0.6 is 35.3 Å². The molecule has 1 aromatic carbocycles. The Labute approximate surface area is 181 Å². The lowest BCUT2D eigenvalue weighted by Crippen LogP contribution is -2.26. The van der Waals surface area contributed by atoms with Gasteiger partial charge in [-0.25, -0.2) is 13.6 Å². The average molecular weight is 463 g/mol. The van der Waals surface area contributed by atoms with Crippen LogP contribution in [0.4, 0.5) is 0 Å². The van der Waals surface area contributed by atoms with Crippen molar-refractivity contribution >= 4 is 61.6 Å². The summed E-state index contributed by atoms with van der Waals surface area (Å²) < 4.78 is 29.0. The lowest BCUT2D eigenvalue weighted by molar-refractivity contribution is -0.122. The van der Waals surface area contributed by atoms with Gasteiger partial charge in [0.25, 0.3) is 5.91 Å². The van der Waals surface area contributed by atoms with Gasteiger partial charge in [-0.3, -0.25) is 9.69 Å². The minimum atomic E-state index is -3.74. The first kappa shape index (κ1) is 20.0. The molecule has 0 unspecified atom stereocenters. The SMILES string of the molecule is NS(=O)(=O)c1ccc(-c2ccc(/C=C3\SC(=S)N(Cc4cccs4)C3=O)o2)cc1. The zero-order valence-corrected chi connectivity index (χ0v) is 18.0. The maximum absolute atomic E-state index is 12.7. The van der Waals surface area contributed by atoms with Gasteiger partial charge >= 0.3 is 0 Å². The first-order valence-electron chi connectivity index (χ1n) is 8.32. The third-order valence-electron chi connectivity index (χ3n) is 4.14. The molecular weight excluding hydrogens is 448 g/mol. The van der Waals surface area contributed by atoms with Crippen LogP contribution in [0.2, 0.25) is 0 Å². The van der Waals surface area contributed by atoms with Crippen LogP contribution in [0.25, 0.3) is 17.4 Å². The van der Waals surface area contributed by atoms with Crippen molar-refractivity contribution in [2.45, 2.75) is 11.4 Å². The van der Waals surface area contributed by atoms with Crippen molar-refractivity contribution in [2.24, 2.45) is 5.14 Å². The number of benzene rings is 1. The number of hydrogen-bond donors (Lipinski definition) is 1. The maximum Gasteiger partial charge on any atom is 0.266 e. The molecule has 3 aromatic rings. The van der Waals surface area contributed by atoms with E-state index in [0.29, 0.717) is 32.9 Å². The molecule has 1 amide bonds. The molecule has 1 fully saturated rings. The molecule has 148 valence electrons. The van der Waals surface area contributed by atoms with Gasteiger partial charge in [0.15, 0.2) is 0 Å². The van der Waals surface area contributed by atoms with Gasteiger partial charge in [-0.2, -0.15) is 0 Å². The molecule has 29 heavy (non-hydrogen) atoms. The zero-order valence-electron chi connectivity index (χ0n) is 14.8. The van der Waals surface area contributed by atoms with Gasteiger partial charge in [-0.05, 0) is 47.8 Å². The number of thioether (sulfide) groups is 1. The molecule has 1 aliphatic heterocycles. The number of rotatable bonds is 5. The summed E-state index contributed by atoms with van der Waals surface area (Å²) in [7, 11) is -3.74. The standard InChI is InChI=1S/C19H14N2O4S4/c20-29(23,24)15-6-3-12(4-7-15)16-8-5-13(25-16)10-17-18(22)21(19(26)28-17)11-14-2-1-9-27-14/h1-10H,11H2,(H2,20,23,24)/b17-10-. The van der Waals surface area contributed by atoms with Crippen LogP contribution in [0, 0.1) is 0 Å². The van der Waals surface area contributed by atoms with Gasteiger partial charge in [0.1, 0.15) is 15.8 Å². The molecule has 4 rings (SSSR count). The minimum absolute atomic E-state index is 0.0300. The molecule has 0 spiro atoms. The predicted molar refractivity (Wildman–Crippen MR) is 119 cm³/mol. The number of thiocarbonyl (C=S) groups is 1. The first-order valence-corrected chi connectivity index (χ1v) is 12.0. The third kappa shape index (κ3) is 4.36. The largest absolute Gasteiger partial charge is 0.457 e. The summed E-state index contributed by atoms with van der Waals surface area (Å²) in [5.41, 5.74) is 0.697. The van der Waals surface area contributed by atoms with Crippen molar-refractivity contribution in [3.8, 4) is 11.3 Å². The number of amides is 1. The van der Waals surface area contributed by atoms with Crippen molar-refractivity contribution in [2.75, 3.05) is 0 Å². The van der Waals surface area contributed by atoms with Crippen molar-refractivity contribution in [3.63, 3.8) is 0 Å². The van der Waals surface area contributed by atoms with Crippen molar-refractivity contribution in [1.82, 2.24) is 4.90 Å². The molecule has 3 heterocycles. The van der Waals surface area contributed by atoms with Gasteiger partial charge in [-0.1, -0.05) is 30.0 Å². The quantitative estimate of drug-likeness (QED) is 0.454. The van der Waals surface area contributed by atoms with Crippen molar-refractivity contribution < 1.29 is 17.6 Å². The highest BCUT2D eigenvalue weighted by Gasteiger charge is 2.32. The summed E-state index contributed by atoms with van der Waals surface area (Å²) in [4.78, 5) is 15.9. The van der Waals surface area contributed by atoms with E-state index in [1.807, 2.05) is 17.5 Å². The van der Waals surface area contributed by atoms with Crippen molar-refractivity contribution in [3.05, 3.63) is 69.5 Å². The number of thiophene rings is 1. The highest BCUT2D eigenvalue weighted by molar-refractivity contribution is 8.26. The second-order valence-electron chi connectivity index (χ2n) is 6.12. The number of sulfonamides is 1. The Morgan fingerprint density at radius 1 is 1.14 bits per heavy atom. The summed E-state index contributed by atoms with van der Waals surface area (Å²) in [6.07, 6.45) is 1.66. The Morgan fingerprint density at radius 3 is 2.55 bits per heavy atom. The van der Waals surface area contributed by atoms with E-state index in [9.17, 15) is 13.2 Å². The van der Waals surface area contributed by atoms with E-state index in [0.717, 1.165) is 4.88 Å². The van der Waals surface area contributed by atoms with E-state index in [4.69, 9.17) is 21.8 Å². The predicted octanol–water partition coefficient (Wildman–Crippen LogP) is 4.06. The van der Waals surface area contributed by atoms with Crippen LogP contribution in [0.3, 0.4) is 0 Å². The summed E-state index contributed by atoms with van der Waals surface area (Å²) >= 11 is 8.17. The van der Waals surface area contributed by atoms with Crippen molar-refractivity contribution in [1.29, 1.82) is 0 Å². The highest BCUT2D eigenvalue weighted by atomic mass is 32.2. The van der Waals surface area contributed by atoms with E-state index in [-0.39, 0.29) is 10.8 Å². The van der Waals surface area contributed by atoms with Gasteiger partial charge < -0.3 is 4.42 Å². The van der Waals surface area contributed by atoms with Crippen LogP contribution in [0.15, 0.2) is 68.1 Å². The number of carbonyl (C=O) groups excluding carboxylic acids is 1. The fourth-order valence-electron chi connectivity index (χ4n) is 2.72. The summed E-state index contributed by atoms with van der Waals surface area (Å²) in [6.45, 7) is 0.458. The topological polar surface area (TPSA) is 93.6 Å². The van der Waals surface area contributed by atoms with E-state index in [1.54, 1.807) is 46.6 Å². The second kappa shape index (κ2) is 7.88. The smallest absolute Gasteiger partial charge is 0.266 e. The van der Waals surface area contributed by atoms with Gasteiger partial charge in [-0.15, -0.1) is 11.3 Å². The molecule has 1 aliphatic rings. The average Bonchev–Trinajstić information content (AvgIpc) is 3.40. The molecule has 2 N–H and O–H groups in total. The molecule has 0 bridgehead atoms. The van der Waals surface area contributed by atoms with E-state index >= 15 is 0 Å². The van der Waals surface area contributed by atoms with Crippen LogP contribution in [-0.2, 0) is 21.4 Å². The number of carbonyl (C=O) groups is 1. The third-order valence-corrected chi connectivity index (χ3v) is 7.30. The van der Waals surface area contributed by atoms with E-state index in [2.05, 4.69) is 0 Å². The fourth-order valence-corrected chi connectivity index (χ4v) is 5.16. The van der Waals surface area contributed by atoms with E-state index < -0.39 is 10.0 Å². The number of furan rings is 1. The number of hydrogen-bond acceptors (Lipinski definition) is 7. The number of nitrogens with two attached hydrogens (primary N) is 1. The normalized spacial score (nSPS) is 16.2. The first-order chi connectivity index (χ1) is 13.8. The van der Waals surface area contributed by atoms with Gasteiger partial charge in [0.05, 0.1) is 16.3 Å². The lowest BCUT2D eigenvalue weighted by Gasteiger charge is -2.12. The lowest BCUT2D eigenvalue weighted by atomic mass is 10.2. The molecule has 0 atom stereocenters. The fraction of sp³-hybridized carbons (Fsp3) is 0.0526. The highest BCUT2D eigenvalue weighted by Crippen LogP contribution is 2.35. The second-order valence-corrected chi connectivity index (χ2v) is 10.4. The van der Waals surface area contributed by atoms with Crippen LogP contribution in [0.5, 0.6) is 0 Å². The molecule has 2 aromatic heterocycles.